The SMILES string of the molecule is Bc1cccc(C(OCCNC(=O)OC)c2cccc(Cl)c2)c1. The van der Waals surface area contributed by atoms with E-state index >= 15 is 0 Å². The summed E-state index contributed by atoms with van der Waals surface area (Å²) in [6.07, 6.45) is -0.712. The fourth-order valence-electron chi connectivity index (χ4n) is 2.29. The minimum atomic E-state index is -0.469. The molecule has 1 atom stereocenters. The molecule has 0 aliphatic heterocycles. The van der Waals surface area contributed by atoms with Crippen molar-refractivity contribution < 1.29 is 14.3 Å². The molecule has 4 nitrogen and oxygen atoms in total. The summed E-state index contributed by atoms with van der Waals surface area (Å²) in [5, 5.41) is 3.26. The zero-order chi connectivity index (χ0) is 16.7. The molecular weight excluding hydrogens is 312 g/mol. The number of nitrogens with one attached hydrogen (secondary N) is 1. The largest absolute Gasteiger partial charge is 0.453 e. The third kappa shape index (κ3) is 5.30. The monoisotopic (exact) mass is 331 g/mol. The van der Waals surface area contributed by atoms with Gasteiger partial charge in [-0.3, -0.25) is 0 Å². The molecule has 23 heavy (non-hydrogen) atoms. The highest BCUT2D eigenvalue weighted by atomic mass is 35.5. The number of methoxy groups -OCH3 is 1. The van der Waals surface area contributed by atoms with E-state index in [1.807, 2.05) is 50.3 Å². The first-order valence-corrected chi connectivity index (χ1v) is 7.73. The molecule has 0 bridgehead atoms. The maximum absolute atomic E-state index is 11.1. The molecule has 1 N–H and O–H groups in total. The highest BCUT2D eigenvalue weighted by molar-refractivity contribution is 6.32. The van der Waals surface area contributed by atoms with Gasteiger partial charge >= 0.3 is 6.09 Å². The van der Waals surface area contributed by atoms with Crippen molar-refractivity contribution >= 4 is 31.0 Å². The Hall–Kier alpha value is -1.98. The summed E-state index contributed by atoms with van der Waals surface area (Å²) in [6.45, 7) is 0.732. The maximum Gasteiger partial charge on any atom is 0.406 e. The molecule has 0 heterocycles. The fourth-order valence-corrected chi connectivity index (χ4v) is 2.49. The smallest absolute Gasteiger partial charge is 0.406 e. The van der Waals surface area contributed by atoms with Gasteiger partial charge < -0.3 is 14.8 Å². The topological polar surface area (TPSA) is 47.6 Å². The number of alkyl carbamates (subject to hydrolysis) is 1. The van der Waals surface area contributed by atoms with Gasteiger partial charge in [-0.25, -0.2) is 4.79 Å². The van der Waals surface area contributed by atoms with Crippen LogP contribution in [0.4, 0.5) is 4.79 Å². The summed E-state index contributed by atoms with van der Waals surface area (Å²) in [5.74, 6) is 0. The Morgan fingerprint density at radius 2 is 1.91 bits per heavy atom. The second kappa shape index (κ2) is 8.60. The molecule has 0 spiro atoms. The van der Waals surface area contributed by atoms with Crippen LogP contribution in [0.1, 0.15) is 17.2 Å². The Labute approximate surface area is 142 Å². The summed E-state index contributed by atoms with van der Waals surface area (Å²) in [7, 11) is 3.37. The third-order valence-corrected chi connectivity index (χ3v) is 3.57. The number of rotatable bonds is 6. The molecule has 120 valence electrons. The fraction of sp³-hybridized carbons (Fsp3) is 0.235. The van der Waals surface area contributed by atoms with E-state index in [1.54, 1.807) is 0 Å². The zero-order valence-electron chi connectivity index (χ0n) is 13.2. The Morgan fingerprint density at radius 3 is 2.57 bits per heavy atom. The standard InChI is InChI=1S/C17H19BClNO3/c1-22-17(21)20-8-9-23-16(12-4-2-6-14(18)10-12)13-5-3-7-15(19)11-13/h2-7,10-11,16H,8-9,18H2,1H3,(H,20,21). The van der Waals surface area contributed by atoms with Crippen LogP contribution >= 0.6 is 11.6 Å². The Kier molecular flexibility index (Phi) is 6.50. The number of benzene rings is 2. The summed E-state index contributed by atoms with van der Waals surface area (Å²) in [4.78, 5) is 11.1. The van der Waals surface area contributed by atoms with Crippen LogP contribution in [0.3, 0.4) is 0 Å². The molecule has 0 radical (unpaired) electrons. The quantitative estimate of drug-likeness (QED) is 0.651. The van der Waals surface area contributed by atoms with Gasteiger partial charge in [0.25, 0.3) is 0 Å². The lowest BCUT2D eigenvalue weighted by molar-refractivity contribution is 0.0807. The Morgan fingerprint density at radius 1 is 1.22 bits per heavy atom. The van der Waals surface area contributed by atoms with Gasteiger partial charge in [-0.05, 0) is 23.3 Å². The van der Waals surface area contributed by atoms with E-state index in [0.29, 0.717) is 18.2 Å². The lowest BCUT2D eigenvalue weighted by atomic mass is 9.91. The molecule has 2 rings (SSSR count). The van der Waals surface area contributed by atoms with Crippen LogP contribution in [0.2, 0.25) is 5.02 Å². The molecule has 1 amide bonds. The maximum atomic E-state index is 11.1. The van der Waals surface area contributed by atoms with Crippen molar-refractivity contribution in [3.8, 4) is 0 Å². The summed E-state index contributed by atoms with van der Waals surface area (Å²) < 4.78 is 10.5. The molecule has 0 saturated carbocycles. The minimum absolute atomic E-state index is 0.243. The van der Waals surface area contributed by atoms with Crippen LogP contribution in [-0.4, -0.2) is 34.2 Å². The van der Waals surface area contributed by atoms with Gasteiger partial charge in [0.1, 0.15) is 14.0 Å². The first-order chi connectivity index (χ1) is 11.1. The number of hydrogen-bond donors (Lipinski definition) is 1. The predicted octanol–water partition coefficient (Wildman–Crippen LogP) is 2.06. The number of carbonyl (C=O) groups is 1. The molecule has 2 aromatic rings. The molecule has 0 aliphatic carbocycles. The van der Waals surface area contributed by atoms with Gasteiger partial charge in [-0.15, -0.1) is 0 Å². The van der Waals surface area contributed by atoms with Crippen LogP contribution in [0.5, 0.6) is 0 Å². The lowest BCUT2D eigenvalue weighted by Gasteiger charge is -2.20. The van der Waals surface area contributed by atoms with Crippen LogP contribution in [0, 0.1) is 0 Å². The number of halogens is 1. The molecule has 2 aromatic carbocycles. The van der Waals surface area contributed by atoms with E-state index in [9.17, 15) is 4.79 Å². The first kappa shape index (κ1) is 17.4. The molecule has 0 fully saturated rings. The zero-order valence-corrected chi connectivity index (χ0v) is 14.0. The van der Waals surface area contributed by atoms with Crippen molar-refractivity contribution in [1.82, 2.24) is 5.32 Å². The summed E-state index contributed by atoms with van der Waals surface area (Å²) in [5.41, 5.74) is 3.18. The van der Waals surface area contributed by atoms with E-state index < -0.39 is 6.09 Å². The molecule has 6 heteroatoms. The van der Waals surface area contributed by atoms with Gasteiger partial charge in [0.15, 0.2) is 0 Å². The van der Waals surface area contributed by atoms with Crippen LogP contribution < -0.4 is 10.8 Å². The van der Waals surface area contributed by atoms with Crippen molar-refractivity contribution in [3.63, 3.8) is 0 Å². The van der Waals surface area contributed by atoms with Crippen LogP contribution in [0.25, 0.3) is 0 Å². The average molecular weight is 332 g/mol. The number of ether oxygens (including phenoxy) is 2. The normalized spacial score (nSPS) is 11.7. The van der Waals surface area contributed by atoms with Gasteiger partial charge in [0.2, 0.25) is 0 Å². The second-order valence-electron chi connectivity index (χ2n) is 5.14. The average Bonchev–Trinajstić information content (AvgIpc) is 2.54. The highest BCUT2D eigenvalue weighted by Gasteiger charge is 2.15. The highest BCUT2D eigenvalue weighted by Crippen LogP contribution is 2.27. The first-order valence-electron chi connectivity index (χ1n) is 7.35. The second-order valence-corrected chi connectivity index (χ2v) is 5.57. The van der Waals surface area contributed by atoms with Gasteiger partial charge in [-0.1, -0.05) is 53.5 Å². The van der Waals surface area contributed by atoms with Crippen LogP contribution in [0.15, 0.2) is 48.5 Å². The van der Waals surface area contributed by atoms with Gasteiger partial charge in [-0.2, -0.15) is 0 Å². The number of carbonyl (C=O) groups excluding carboxylic acids is 1. The van der Waals surface area contributed by atoms with E-state index in [2.05, 4.69) is 16.1 Å². The lowest BCUT2D eigenvalue weighted by Crippen LogP contribution is -2.27. The Bertz CT molecular complexity index is 620. The molecule has 0 saturated heterocycles. The van der Waals surface area contributed by atoms with Crippen molar-refractivity contribution in [2.24, 2.45) is 0 Å². The molecule has 0 aromatic heterocycles. The van der Waals surface area contributed by atoms with E-state index in [1.165, 1.54) is 7.11 Å². The Balaban J connectivity index is 2.13. The van der Waals surface area contributed by atoms with Crippen molar-refractivity contribution in [1.29, 1.82) is 0 Å². The van der Waals surface area contributed by atoms with Crippen LogP contribution in [-0.2, 0) is 9.47 Å². The van der Waals surface area contributed by atoms with E-state index in [-0.39, 0.29) is 6.10 Å². The number of amides is 1. The number of hydrogen-bond acceptors (Lipinski definition) is 3. The van der Waals surface area contributed by atoms with Gasteiger partial charge in [0, 0.05) is 11.6 Å². The van der Waals surface area contributed by atoms with Gasteiger partial charge in [0.05, 0.1) is 13.7 Å². The van der Waals surface area contributed by atoms with E-state index in [0.717, 1.165) is 16.6 Å². The van der Waals surface area contributed by atoms with Crippen molar-refractivity contribution in [3.05, 3.63) is 64.7 Å². The molecular formula is C17H19BClNO3. The summed E-state index contributed by atoms with van der Waals surface area (Å²) >= 11 is 6.10. The molecule has 0 aliphatic rings. The van der Waals surface area contributed by atoms with Crippen molar-refractivity contribution in [2.45, 2.75) is 6.10 Å². The van der Waals surface area contributed by atoms with Crippen molar-refractivity contribution in [2.75, 3.05) is 20.3 Å². The predicted molar refractivity (Wildman–Crippen MR) is 94.3 cm³/mol. The minimum Gasteiger partial charge on any atom is -0.453 e. The third-order valence-electron chi connectivity index (χ3n) is 3.34. The summed E-state index contributed by atoms with van der Waals surface area (Å²) in [6, 6.07) is 15.7. The van der Waals surface area contributed by atoms with E-state index in [4.69, 9.17) is 16.3 Å². The molecule has 1 unspecified atom stereocenters.